The van der Waals surface area contributed by atoms with E-state index in [0.717, 1.165) is 0 Å². The minimum atomic E-state index is -7.75. The number of aliphatic hydroxyl groups is 1. The second-order valence-electron chi connectivity index (χ2n) is 5.76. The quantitative estimate of drug-likeness (QED) is 0.233. The van der Waals surface area contributed by atoms with Crippen LogP contribution in [-0.4, -0.2) is 64.2 Å². The van der Waals surface area contributed by atoms with Crippen LogP contribution in [0.25, 0.3) is 0 Å². The molecule has 0 heterocycles. The van der Waals surface area contributed by atoms with Gasteiger partial charge in [0.05, 0.1) is 0 Å². The van der Waals surface area contributed by atoms with Crippen LogP contribution in [0.5, 0.6) is 0 Å². The SMILES string of the molecule is CCC[CH2][Bi+][CH2]CCC.[O-]C(C(F)(F)F)(C(F)(F)F)C(O)(C(F)(F)F)C(F)(F)F. The summed E-state index contributed by atoms with van der Waals surface area (Å²) < 4.78 is 147. The number of halogens is 12. The second kappa shape index (κ2) is 11.0. The Morgan fingerprint density at radius 3 is 1.03 bits per heavy atom. The summed E-state index contributed by atoms with van der Waals surface area (Å²) in [4.78, 5) is 0. The fourth-order valence-electron chi connectivity index (χ4n) is 1.78. The van der Waals surface area contributed by atoms with E-state index in [9.17, 15) is 57.8 Å². The van der Waals surface area contributed by atoms with E-state index in [2.05, 4.69) is 13.8 Å². The predicted molar refractivity (Wildman–Crippen MR) is 77.1 cm³/mol. The molecule has 0 spiro atoms. The van der Waals surface area contributed by atoms with Crippen molar-refractivity contribution in [3.05, 3.63) is 0 Å². The van der Waals surface area contributed by atoms with Gasteiger partial charge in [-0.05, 0) is 0 Å². The topological polar surface area (TPSA) is 43.3 Å². The molecule has 0 amide bonds. The van der Waals surface area contributed by atoms with E-state index in [-0.39, 0.29) is 23.2 Å². The Balaban J connectivity index is 0. The number of hydrogen-bond acceptors (Lipinski definition) is 2. The van der Waals surface area contributed by atoms with Crippen molar-refractivity contribution >= 4 is 23.2 Å². The van der Waals surface area contributed by atoms with E-state index < -0.39 is 35.9 Å². The van der Waals surface area contributed by atoms with Gasteiger partial charge in [-0.25, -0.2) is 0 Å². The molecule has 0 saturated heterocycles. The minimum absolute atomic E-state index is 0.0681. The fourth-order valence-corrected chi connectivity index (χ4v) is 6.85. The number of rotatable bonds is 7. The van der Waals surface area contributed by atoms with Gasteiger partial charge < -0.3 is 10.2 Å². The molecule has 0 aliphatic heterocycles. The smallest absolute Gasteiger partial charge is 0.426 e. The van der Waals surface area contributed by atoms with E-state index in [0.29, 0.717) is 0 Å². The van der Waals surface area contributed by atoms with Crippen molar-refractivity contribution < 1.29 is 62.9 Å². The molecule has 29 heavy (non-hydrogen) atoms. The Morgan fingerprint density at radius 2 is 0.897 bits per heavy atom. The number of unbranched alkanes of at least 4 members (excludes halogenated alkanes) is 2. The van der Waals surface area contributed by atoms with Crippen molar-refractivity contribution in [2.45, 2.75) is 83.7 Å². The minimum Gasteiger partial charge on any atom is -0.834 e. The Kier molecular flexibility index (Phi) is 11.8. The van der Waals surface area contributed by atoms with Gasteiger partial charge in [-0.15, -0.1) is 0 Å². The molecule has 0 fully saturated rings. The summed E-state index contributed by atoms with van der Waals surface area (Å²) in [7, 11) is 0. The molecule has 2 radical (unpaired) electrons. The van der Waals surface area contributed by atoms with Gasteiger partial charge in [0.25, 0.3) is 5.60 Å². The predicted octanol–water partition coefficient (Wildman–Crippen LogP) is 5.19. The molecule has 0 aromatic rings. The first-order valence-electron chi connectivity index (χ1n) is 7.99. The summed E-state index contributed by atoms with van der Waals surface area (Å²) in [6.45, 7) is 4.59. The summed E-state index contributed by atoms with van der Waals surface area (Å²) in [6.07, 6.45) is -24.6. The van der Waals surface area contributed by atoms with Crippen molar-refractivity contribution in [3.8, 4) is 0 Å². The van der Waals surface area contributed by atoms with Crippen molar-refractivity contribution in [3.63, 3.8) is 0 Å². The molecular formula is C14H19BiF12O2. The Bertz CT molecular complexity index is 397. The summed E-state index contributed by atoms with van der Waals surface area (Å²) in [5.41, 5.74) is -15.4. The Labute approximate surface area is 170 Å². The first kappa shape index (κ1) is 31.2. The van der Waals surface area contributed by atoms with Crippen LogP contribution in [0, 0.1) is 0 Å². The molecule has 1 N–H and O–H groups in total. The van der Waals surface area contributed by atoms with Gasteiger partial charge in [0.1, 0.15) is 5.60 Å². The average molecular weight is 656 g/mol. The molecule has 0 unspecified atom stereocenters. The molecule has 0 atom stereocenters. The van der Waals surface area contributed by atoms with Gasteiger partial charge >= 0.3 is 95.7 Å². The zero-order chi connectivity index (χ0) is 23.9. The van der Waals surface area contributed by atoms with Gasteiger partial charge in [0.15, 0.2) is 0 Å². The maximum Gasteiger partial charge on any atom is 0.426 e. The van der Waals surface area contributed by atoms with Crippen LogP contribution in [0.2, 0.25) is 8.26 Å². The van der Waals surface area contributed by atoms with E-state index >= 15 is 0 Å². The first-order chi connectivity index (χ1) is 12.7. The van der Waals surface area contributed by atoms with Crippen LogP contribution in [-0.2, 0) is 0 Å². The summed E-state index contributed by atoms with van der Waals surface area (Å²) in [6, 6.07) is 0. The van der Waals surface area contributed by atoms with Crippen LogP contribution in [0.15, 0.2) is 0 Å². The molecule has 0 aromatic carbocycles. The molecule has 0 saturated carbocycles. The molecule has 176 valence electrons. The van der Waals surface area contributed by atoms with E-state index in [1.807, 2.05) is 0 Å². The van der Waals surface area contributed by atoms with Crippen LogP contribution in [0.3, 0.4) is 0 Å². The summed E-state index contributed by atoms with van der Waals surface area (Å²) in [5, 5.41) is 18.6. The molecule has 0 aromatic heterocycles. The third-order valence-corrected chi connectivity index (χ3v) is 8.39. The van der Waals surface area contributed by atoms with E-state index in [4.69, 9.17) is 5.11 Å². The van der Waals surface area contributed by atoms with Crippen molar-refractivity contribution in [1.29, 1.82) is 0 Å². The van der Waals surface area contributed by atoms with Crippen LogP contribution in [0.4, 0.5) is 52.7 Å². The van der Waals surface area contributed by atoms with Crippen LogP contribution in [0.1, 0.15) is 39.5 Å². The van der Waals surface area contributed by atoms with Gasteiger partial charge in [0.2, 0.25) is 0 Å². The molecule has 2 nitrogen and oxygen atoms in total. The Morgan fingerprint density at radius 1 is 0.621 bits per heavy atom. The normalized spacial score (nSPS) is 14.5. The van der Waals surface area contributed by atoms with Crippen molar-refractivity contribution in [2.75, 3.05) is 0 Å². The van der Waals surface area contributed by atoms with E-state index in [1.165, 1.54) is 25.7 Å². The van der Waals surface area contributed by atoms with Gasteiger partial charge in [-0.1, -0.05) is 0 Å². The third-order valence-electron chi connectivity index (χ3n) is 3.47. The molecule has 0 bridgehead atoms. The van der Waals surface area contributed by atoms with E-state index in [1.54, 1.807) is 8.26 Å². The third kappa shape index (κ3) is 7.26. The van der Waals surface area contributed by atoms with Gasteiger partial charge in [-0.2, -0.15) is 52.7 Å². The number of alkyl halides is 12. The standard InChI is InChI=1S/C6HF12O2.2C4H9.Bi/c7-3(8,9)1(19,4(10,11)12)2(20,5(13,14)15)6(16,17)18;2*1-3-4-2;/h19H;2*1,3-4H2,2H3;/q-1;;;+1. The summed E-state index contributed by atoms with van der Waals surface area (Å²) >= 11 is 0.0681. The number of hydrogen-bond donors (Lipinski definition) is 1. The zero-order valence-electron chi connectivity index (χ0n) is 15.1. The zero-order valence-corrected chi connectivity index (χ0v) is 18.6. The maximum atomic E-state index is 12.0. The molecule has 0 aliphatic rings. The van der Waals surface area contributed by atoms with Crippen LogP contribution >= 0.6 is 0 Å². The monoisotopic (exact) mass is 656 g/mol. The summed E-state index contributed by atoms with van der Waals surface area (Å²) in [5.74, 6) is 0. The second-order valence-corrected chi connectivity index (χ2v) is 11.0. The fraction of sp³-hybridized carbons (Fsp3) is 1.00. The first-order valence-corrected chi connectivity index (χ1v) is 12.9. The molecule has 15 heteroatoms. The van der Waals surface area contributed by atoms with Gasteiger partial charge in [-0.3, -0.25) is 0 Å². The molecule has 0 rings (SSSR count). The van der Waals surface area contributed by atoms with Crippen molar-refractivity contribution in [1.82, 2.24) is 0 Å². The molecular weight excluding hydrogens is 637 g/mol. The molecule has 0 aliphatic carbocycles. The maximum absolute atomic E-state index is 12.0. The van der Waals surface area contributed by atoms with Crippen molar-refractivity contribution in [2.24, 2.45) is 0 Å². The Hall–Kier alpha value is -0.0369. The van der Waals surface area contributed by atoms with Gasteiger partial charge in [0, 0.05) is 0 Å². The largest absolute Gasteiger partial charge is 0.834 e. The average Bonchev–Trinajstić information content (AvgIpc) is 2.49. The van der Waals surface area contributed by atoms with Crippen LogP contribution < -0.4 is 5.11 Å².